The van der Waals surface area contributed by atoms with Gasteiger partial charge in [-0.1, -0.05) is 0 Å². The fraction of sp³-hybridized carbons (Fsp3) is 0. The SMILES string of the molecule is O=CO[P+](=O)OC=O. The fourth-order valence-electron chi connectivity index (χ4n) is 0.0951. The van der Waals surface area contributed by atoms with Gasteiger partial charge in [0.2, 0.25) is 0 Å². The summed E-state index contributed by atoms with van der Waals surface area (Å²) in [5.41, 5.74) is 0. The molecule has 0 aromatic carbocycles. The minimum atomic E-state index is -2.57. The van der Waals surface area contributed by atoms with Gasteiger partial charge in [-0.05, 0) is 0 Å². The quantitative estimate of drug-likeness (QED) is 0.402. The first kappa shape index (κ1) is 7.04. The van der Waals surface area contributed by atoms with E-state index < -0.39 is 8.25 Å². The third-order valence-corrected chi connectivity index (χ3v) is 0.775. The van der Waals surface area contributed by atoms with E-state index in [9.17, 15) is 14.2 Å². The Morgan fingerprint density at radius 1 is 1.12 bits per heavy atom. The highest BCUT2D eigenvalue weighted by Gasteiger charge is 2.19. The second kappa shape index (κ2) is 4.21. The van der Waals surface area contributed by atoms with Crippen LogP contribution in [-0.2, 0) is 23.2 Å². The van der Waals surface area contributed by atoms with Crippen LogP contribution in [0.2, 0.25) is 0 Å². The molecule has 0 heterocycles. The molecule has 0 saturated heterocycles. The Hall–Kier alpha value is -0.960. The molecule has 0 saturated carbocycles. The Kier molecular flexibility index (Phi) is 3.70. The number of carbonyl (C=O) groups excluding carboxylic acids is 2. The van der Waals surface area contributed by atoms with E-state index >= 15 is 0 Å². The molecule has 0 bridgehead atoms. The largest absolute Gasteiger partial charge is 0.810 e. The van der Waals surface area contributed by atoms with Crippen LogP contribution in [0.4, 0.5) is 0 Å². The number of rotatable bonds is 4. The van der Waals surface area contributed by atoms with Crippen LogP contribution in [0, 0.1) is 0 Å². The predicted molar refractivity (Wildman–Crippen MR) is 21.9 cm³/mol. The van der Waals surface area contributed by atoms with Gasteiger partial charge in [0.25, 0.3) is 0 Å². The van der Waals surface area contributed by atoms with E-state index in [1.807, 2.05) is 0 Å². The van der Waals surface area contributed by atoms with Crippen molar-refractivity contribution in [3.05, 3.63) is 0 Å². The molecule has 0 aliphatic carbocycles. The standard InChI is InChI=1S/C2H2O5P/c3-1-6-8(5)7-2-4/h1-2H/q+1. The Bertz CT molecular complexity index is 97.0. The highest BCUT2D eigenvalue weighted by Crippen LogP contribution is 2.19. The minimum absolute atomic E-state index is 0.0673. The van der Waals surface area contributed by atoms with Gasteiger partial charge in [0.05, 0.1) is 0 Å². The molecule has 0 unspecified atom stereocenters. The molecule has 8 heavy (non-hydrogen) atoms. The van der Waals surface area contributed by atoms with Gasteiger partial charge in [-0.3, -0.25) is 9.59 Å². The van der Waals surface area contributed by atoms with Crippen LogP contribution in [-0.4, -0.2) is 12.9 Å². The van der Waals surface area contributed by atoms with Crippen molar-refractivity contribution in [2.45, 2.75) is 0 Å². The van der Waals surface area contributed by atoms with E-state index in [4.69, 9.17) is 0 Å². The third kappa shape index (κ3) is 3.24. The van der Waals surface area contributed by atoms with Gasteiger partial charge in [0.15, 0.2) is 0 Å². The Morgan fingerprint density at radius 2 is 1.50 bits per heavy atom. The maximum atomic E-state index is 9.88. The molecule has 5 nitrogen and oxygen atoms in total. The summed E-state index contributed by atoms with van der Waals surface area (Å²) in [6.45, 7) is -0.135. The van der Waals surface area contributed by atoms with Gasteiger partial charge in [-0.15, -0.1) is 0 Å². The molecule has 0 aromatic heterocycles. The maximum absolute atomic E-state index is 9.88. The van der Waals surface area contributed by atoms with Crippen molar-refractivity contribution in [3.8, 4) is 0 Å². The van der Waals surface area contributed by atoms with E-state index in [1.54, 1.807) is 0 Å². The topological polar surface area (TPSA) is 69.7 Å². The average molecular weight is 137 g/mol. The second-order valence-electron chi connectivity index (χ2n) is 0.627. The van der Waals surface area contributed by atoms with Crippen molar-refractivity contribution in [1.82, 2.24) is 0 Å². The molecule has 0 aliphatic rings. The zero-order valence-corrected chi connectivity index (χ0v) is 4.54. The zero-order valence-electron chi connectivity index (χ0n) is 3.64. The zero-order chi connectivity index (χ0) is 6.41. The van der Waals surface area contributed by atoms with Gasteiger partial charge >= 0.3 is 21.2 Å². The number of hydrogen-bond donors (Lipinski definition) is 0. The van der Waals surface area contributed by atoms with Crippen molar-refractivity contribution >= 4 is 21.2 Å². The molecule has 0 spiro atoms. The molecule has 0 amide bonds. The highest BCUT2D eigenvalue weighted by atomic mass is 31.1. The van der Waals surface area contributed by atoms with Crippen molar-refractivity contribution in [1.29, 1.82) is 0 Å². The van der Waals surface area contributed by atoms with E-state index in [1.165, 1.54) is 0 Å². The van der Waals surface area contributed by atoms with E-state index in [0.29, 0.717) is 0 Å². The number of carbonyl (C=O) groups is 2. The number of hydrogen-bond acceptors (Lipinski definition) is 5. The first-order valence-electron chi connectivity index (χ1n) is 1.49. The molecule has 0 aliphatic heterocycles. The van der Waals surface area contributed by atoms with Gasteiger partial charge in [0, 0.05) is 4.57 Å². The lowest BCUT2D eigenvalue weighted by Gasteiger charge is -1.68. The molecular formula is C2H2O5P+. The molecule has 6 heteroatoms. The lowest BCUT2D eigenvalue weighted by atomic mass is 11.7. The van der Waals surface area contributed by atoms with Crippen molar-refractivity contribution in [2.24, 2.45) is 0 Å². The van der Waals surface area contributed by atoms with Gasteiger partial charge in [-0.25, -0.2) is 0 Å². The highest BCUT2D eigenvalue weighted by molar-refractivity contribution is 7.34. The fourth-order valence-corrected chi connectivity index (χ4v) is 0.285. The molecule has 0 atom stereocenters. The average Bonchev–Trinajstić information content (AvgIpc) is 1.68. The lowest BCUT2D eigenvalue weighted by molar-refractivity contribution is -0.123. The summed E-state index contributed by atoms with van der Waals surface area (Å²) in [4.78, 5) is 18.6. The van der Waals surface area contributed by atoms with Gasteiger partial charge < -0.3 is 0 Å². The Labute approximate surface area is 45.5 Å². The van der Waals surface area contributed by atoms with Gasteiger partial charge in [0.1, 0.15) is 0 Å². The summed E-state index contributed by atoms with van der Waals surface area (Å²) >= 11 is 0. The summed E-state index contributed by atoms with van der Waals surface area (Å²) in [5, 5.41) is 0. The monoisotopic (exact) mass is 137 g/mol. The van der Waals surface area contributed by atoms with Gasteiger partial charge in [-0.2, -0.15) is 9.05 Å². The predicted octanol–water partition coefficient (Wildman–Crippen LogP) is -0.0102. The summed E-state index contributed by atoms with van der Waals surface area (Å²) in [5.74, 6) is 0. The van der Waals surface area contributed by atoms with Crippen LogP contribution in [0.25, 0.3) is 0 Å². The van der Waals surface area contributed by atoms with Crippen LogP contribution in [0.15, 0.2) is 0 Å². The summed E-state index contributed by atoms with van der Waals surface area (Å²) in [6, 6.07) is 0. The first-order valence-corrected chi connectivity index (χ1v) is 2.59. The van der Waals surface area contributed by atoms with Crippen molar-refractivity contribution < 1.29 is 23.2 Å². The Balaban J connectivity index is 3.32. The molecule has 0 fully saturated rings. The van der Waals surface area contributed by atoms with Crippen molar-refractivity contribution in [3.63, 3.8) is 0 Å². The molecule has 44 valence electrons. The second-order valence-corrected chi connectivity index (χ2v) is 1.50. The summed E-state index contributed by atoms with van der Waals surface area (Å²) in [6.07, 6.45) is 0. The molecule has 0 N–H and O–H groups in total. The van der Waals surface area contributed by atoms with Crippen LogP contribution in [0.3, 0.4) is 0 Å². The van der Waals surface area contributed by atoms with Crippen molar-refractivity contribution in [2.75, 3.05) is 0 Å². The summed E-state index contributed by atoms with van der Waals surface area (Å²) < 4.78 is 17.2. The smallest absolute Gasteiger partial charge is 0.250 e. The molecule has 0 aromatic rings. The minimum Gasteiger partial charge on any atom is -0.250 e. The van der Waals surface area contributed by atoms with Crippen LogP contribution < -0.4 is 0 Å². The van der Waals surface area contributed by atoms with E-state index in [-0.39, 0.29) is 12.9 Å². The Morgan fingerprint density at radius 3 is 1.75 bits per heavy atom. The molecule has 0 rings (SSSR count). The maximum Gasteiger partial charge on any atom is 0.810 e. The first-order chi connectivity index (χ1) is 3.81. The molecule has 0 radical (unpaired) electrons. The van der Waals surface area contributed by atoms with E-state index in [2.05, 4.69) is 9.05 Å². The normalized spacial score (nSPS) is 7.00. The van der Waals surface area contributed by atoms with Crippen LogP contribution in [0.5, 0.6) is 0 Å². The van der Waals surface area contributed by atoms with Crippen LogP contribution >= 0.6 is 8.25 Å². The van der Waals surface area contributed by atoms with E-state index in [0.717, 1.165) is 0 Å². The third-order valence-electron chi connectivity index (χ3n) is 0.258. The van der Waals surface area contributed by atoms with Crippen LogP contribution in [0.1, 0.15) is 0 Å². The molecular weight excluding hydrogens is 135 g/mol. The summed E-state index contributed by atoms with van der Waals surface area (Å²) in [7, 11) is -2.57. The lowest BCUT2D eigenvalue weighted by Crippen LogP contribution is -1.77.